The van der Waals surface area contributed by atoms with Crippen LogP contribution in [0.25, 0.3) is 0 Å². The van der Waals surface area contributed by atoms with Crippen LogP contribution in [-0.2, 0) is 0 Å². The zero-order valence-electron chi connectivity index (χ0n) is 9.39. The van der Waals surface area contributed by atoms with Crippen LogP contribution in [0, 0.1) is 0 Å². The fourth-order valence-corrected chi connectivity index (χ4v) is 0.224. The third kappa shape index (κ3) is 0.892. The molecule has 7 heavy (non-hydrogen) atoms. The number of nitrogens with zero attached hydrogens (tertiary/aromatic N) is 1. The van der Waals surface area contributed by atoms with Crippen molar-refractivity contribution in [2.24, 2.45) is 0 Å². The van der Waals surface area contributed by atoms with Crippen molar-refractivity contribution in [3.63, 3.8) is 0 Å². The Labute approximate surface area is 50.5 Å². The van der Waals surface area contributed by atoms with E-state index in [1.165, 1.54) is 0 Å². The molecule has 1 aromatic heterocycles. The van der Waals surface area contributed by atoms with Crippen molar-refractivity contribution >= 4 is 5.82 Å². The summed E-state index contributed by atoms with van der Waals surface area (Å²) in [5.74, 6) is -0.411. The van der Waals surface area contributed by atoms with Gasteiger partial charge in [0.1, 0.15) is 5.82 Å². The molecule has 0 spiro atoms. The maximum absolute atomic E-state index is 7.23. The van der Waals surface area contributed by atoms with Gasteiger partial charge in [-0.05, 0) is 12.1 Å². The van der Waals surface area contributed by atoms with Crippen LogP contribution in [-0.4, -0.2) is 4.98 Å². The number of nitrogen functional groups attached to an aromatic ring is 1. The van der Waals surface area contributed by atoms with Crippen molar-refractivity contribution in [2.75, 3.05) is 5.72 Å². The molecule has 2 N–H and O–H groups in total. The van der Waals surface area contributed by atoms with E-state index in [2.05, 4.69) is 4.98 Å². The molecule has 36 valence electrons. The lowest BCUT2D eigenvalue weighted by molar-refractivity contribution is 1.34. The van der Waals surface area contributed by atoms with E-state index in [9.17, 15) is 0 Å². The summed E-state index contributed by atoms with van der Waals surface area (Å²) >= 11 is 0. The van der Waals surface area contributed by atoms with Crippen molar-refractivity contribution in [2.45, 2.75) is 0 Å². The number of rotatable bonds is 1. The van der Waals surface area contributed by atoms with E-state index in [1.54, 1.807) is 0 Å². The topological polar surface area (TPSA) is 38.9 Å². The Hall–Kier alpha value is -1.05. The second kappa shape index (κ2) is 1.60. The van der Waals surface area contributed by atoms with Gasteiger partial charge in [-0.15, -0.1) is 0 Å². The lowest BCUT2D eigenvalue weighted by atomic mass is 10.5. The van der Waals surface area contributed by atoms with Gasteiger partial charge in [0.15, 0.2) is 2.82 Å². The molecule has 1 rings (SSSR count). The third-order valence-corrected chi connectivity index (χ3v) is 0.455. The second-order valence-electron chi connectivity index (χ2n) is 0.922. The van der Waals surface area contributed by atoms with Crippen molar-refractivity contribution in [3.05, 3.63) is 24.3 Å². The van der Waals surface area contributed by atoms with Crippen LogP contribution in [0.2, 0.25) is 2.82 Å². The Kier molecular flexibility index (Phi) is 0.233. The van der Waals surface area contributed by atoms with Gasteiger partial charge >= 0.3 is 0 Å². The first kappa shape index (κ1) is 1.02. The van der Waals surface area contributed by atoms with Crippen LogP contribution >= 0.6 is 0 Å². The predicted octanol–water partition coefficient (Wildman–Crippen LogP) is 0.664. The van der Waals surface area contributed by atoms with E-state index in [-0.39, 0.29) is 5.72 Å². The molecule has 0 amide bonds. The molecular weight excluding hydrogens is 88.1 g/mol. The van der Waals surface area contributed by atoms with Gasteiger partial charge in [-0.1, -0.05) is 6.04 Å². The molecule has 0 atom stereocenters. The molecule has 1 heterocycles. The molecule has 1 aromatic rings. The van der Waals surface area contributed by atoms with Gasteiger partial charge in [0.2, 0.25) is 0 Å². The Morgan fingerprint density at radius 2 is 2.86 bits per heavy atom. The normalized spacial score (nSPS) is 20.0. The molecular formula is C5H6N2. The average molecular weight is 100 g/mol. The van der Waals surface area contributed by atoms with Gasteiger partial charge in [0.25, 0.3) is 0 Å². The van der Waals surface area contributed by atoms with Crippen LogP contribution in [0.5, 0.6) is 0 Å². The first-order valence-electron chi connectivity index (χ1n) is 4.57. The van der Waals surface area contributed by atoms with Gasteiger partial charge in [0.05, 0.1) is 5.48 Å². The highest BCUT2D eigenvalue weighted by Crippen LogP contribution is 1.89. The van der Waals surface area contributed by atoms with Gasteiger partial charge in [-0.3, -0.25) is 0 Å². The molecule has 0 unspecified atom stereocenters. The standard InChI is InChI=1S/C5H6N2/c6-5-3-1-2-4-7-5/h1-4H,(H2,6,7)/i1D,2D,3D,4D/hD2. The average Bonchev–Trinajstić information content (AvgIpc) is 2.07. The summed E-state index contributed by atoms with van der Waals surface area (Å²) in [6.07, 6.45) is -0.500. The number of anilines is 1. The number of nitrogens with two attached hydrogens (primary N) is 1. The molecule has 0 fully saturated rings. The number of aromatic nitrogens is 1. The molecule has 0 aliphatic heterocycles. The van der Waals surface area contributed by atoms with Gasteiger partial charge in [-0.2, -0.15) is 0 Å². The number of hydrogen-bond donors (Lipinski definition) is 1. The molecule has 0 saturated heterocycles. The summed E-state index contributed by atoms with van der Waals surface area (Å²) in [7, 11) is 0. The van der Waals surface area contributed by atoms with Crippen molar-refractivity contribution in [3.8, 4) is 0 Å². The highest BCUT2D eigenvalue weighted by Gasteiger charge is 1.73. The van der Waals surface area contributed by atoms with Crippen molar-refractivity contribution < 1.29 is 8.31 Å². The fraction of sp³-hybridized carbons (Fsp3) is 0. The Bertz CT molecular complexity index is 338. The molecule has 0 radical (unpaired) electrons. The van der Waals surface area contributed by atoms with E-state index in [1.807, 2.05) is 0 Å². The van der Waals surface area contributed by atoms with E-state index in [4.69, 9.17) is 8.31 Å². The minimum absolute atomic E-state index is 0.0534. The Balaban J connectivity index is 3.41. The second-order valence-corrected chi connectivity index (χ2v) is 0.922. The van der Waals surface area contributed by atoms with Crippen LogP contribution < -0.4 is 5.72 Å². The molecule has 0 saturated carbocycles. The molecule has 2 heteroatoms. The molecule has 0 aromatic carbocycles. The predicted molar refractivity (Wildman–Crippen MR) is 28.6 cm³/mol. The van der Waals surface area contributed by atoms with Gasteiger partial charge < -0.3 is 5.72 Å². The summed E-state index contributed by atoms with van der Waals surface area (Å²) in [4.78, 5) is 3.36. The third-order valence-electron chi connectivity index (χ3n) is 0.455. The summed E-state index contributed by atoms with van der Waals surface area (Å²) in [6, 6.07) is -1.43. The summed E-state index contributed by atoms with van der Waals surface area (Å²) in [5.41, 5.74) is 0.0534. The maximum Gasteiger partial charge on any atom is 0.158 e. The van der Waals surface area contributed by atoms with Crippen LogP contribution in [0.1, 0.15) is 5.48 Å². The van der Waals surface area contributed by atoms with Crippen molar-refractivity contribution in [1.82, 2.24) is 4.98 Å². The molecule has 2 nitrogen and oxygen atoms in total. The zero-order chi connectivity index (χ0) is 10.2. The van der Waals surface area contributed by atoms with E-state index >= 15 is 0 Å². The van der Waals surface area contributed by atoms with Crippen molar-refractivity contribution in [1.29, 1.82) is 0 Å². The summed E-state index contributed by atoms with van der Waals surface area (Å²) < 4.78 is 42.3. The summed E-state index contributed by atoms with van der Waals surface area (Å²) in [6.45, 7) is 0. The summed E-state index contributed by atoms with van der Waals surface area (Å²) in [5, 5.41) is 0. The van der Waals surface area contributed by atoms with Gasteiger partial charge in [0, 0.05) is 6.17 Å². The Morgan fingerprint density at radius 1 is 1.86 bits per heavy atom. The first-order valence-corrected chi connectivity index (χ1v) is 1.67. The quantitative estimate of drug-likeness (QED) is 0.563. The number of pyridine rings is 1. The van der Waals surface area contributed by atoms with Crippen LogP contribution in [0.15, 0.2) is 24.3 Å². The largest absolute Gasteiger partial charge is 0.384 e. The van der Waals surface area contributed by atoms with Crippen LogP contribution in [0.3, 0.4) is 0 Å². The molecule has 0 aliphatic rings. The smallest absolute Gasteiger partial charge is 0.158 e. The van der Waals surface area contributed by atoms with Gasteiger partial charge in [-0.25, -0.2) is 4.98 Å². The van der Waals surface area contributed by atoms with E-state index in [0.29, 0.717) is 0 Å². The highest BCUT2D eigenvalue weighted by molar-refractivity contribution is 5.25. The maximum atomic E-state index is 7.23. The minimum atomic E-state index is -0.500. The minimum Gasteiger partial charge on any atom is -0.384 e. The SMILES string of the molecule is [2H]c1nc(N([2H])[2H])c([2H])c([2H])c1[2H]. The first-order chi connectivity index (χ1) is 5.95. The zero-order valence-corrected chi connectivity index (χ0v) is 3.39. The number of hydrogen-bond acceptors (Lipinski definition) is 2. The lowest BCUT2D eigenvalue weighted by Gasteiger charge is -1.82. The fourth-order valence-electron chi connectivity index (χ4n) is 0.224. The molecule has 0 aliphatic carbocycles. The highest BCUT2D eigenvalue weighted by atomic mass is 14.8. The van der Waals surface area contributed by atoms with E-state index in [0.717, 1.165) is 0 Å². The monoisotopic (exact) mass is 100 g/mol. The van der Waals surface area contributed by atoms with Crippen LogP contribution in [0.4, 0.5) is 5.82 Å². The lowest BCUT2D eigenvalue weighted by Crippen LogP contribution is -1.85. The van der Waals surface area contributed by atoms with E-state index < -0.39 is 30.1 Å². The Morgan fingerprint density at radius 3 is 3.71 bits per heavy atom. The molecule has 0 bridgehead atoms.